The third-order valence-corrected chi connectivity index (χ3v) is 3.71. The third kappa shape index (κ3) is 2.69. The maximum absolute atomic E-state index is 12.5. The maximum Gasteiger partial charge on any atom is 0.374 e. The van der Waals surface area contributed by atoms with Gasteiger partial charge in [0.2, 0.25) is 11.5 Å². The van der Waals surface area contributed by atoms with Gasteiger partial charge in [0.25, 0.3) is 0 Å². The van der Waals surface area contributed by atoms with Crippen LogP contribution in [0.15, 0.2) is 51.7 Å². The van der Waals surface area contributed by atoms with Crippen molar-refractivity contribution in [3.8, 4) is 0 Å². The van der Waals surface area contributed by atoms with Crippen molar-refractivity contribution < 1.29 is 18.7 Å². The van der Waals surface area contributed by atoms with Crippen molar-refractivity contribution in [2.24, 2.45) is 0 Å². The number of aromatic amines is 1. The van der Waals surface area contributed by atoms with Crippen LogP contribution >= 0.6 is 15.9 Å². The van der Waals surface area contributed by atoms with E-state index in [0.29, 0.717) is 10.2 Å². The molecule has 0 saturated carbocycles. The molecule has 0 aliphatic carbocycles. The van der Waals surface area contributed by atoms with Gasteiger partial charge in [-0.15, -0.1) is 0 Å². The second kappa shape index (κ2) is 5.81. The molecule has 0 unspecified atom stereocenters. The molecular formula is C16H12BrNO4. The molecule has 3 rings (SSSR count). The molecular weight excluding hydrogens is 350 g/mol. The predicted octanol–water partition coefficient (Wildman–Crippen LogP) is 3.95. The molecule has 2 heterocycles. The van der Waals surface area contributed by atoms with Gasteiger partial charge in [-0.1, -0.05) is 18.2 Å². The summed E-state index contributed by atoms with van der Waals surface area (Å²) >= 11 is 3.11. The fourth-order valence-electron chi connectivity index (χ4n) is 2.19. The minimum atomic E-state index is -0.907. The molecule has 0 amide bonds. The fourth-order valence-corrected chi connectivity index (χ4v) is 2.50. The first kappa shape index (κ1) is 14.6. The number of rotatable bonds is 4. The number of fused-ring (bicyclic) bond motifs is 1. The summed E-state index contributed by atoms with van der Waals surface area (Å²) in [7, 11) is 0. The number of para-hydroxylation sites is 1. The van der Waals surface area contributed by atoms with Gasteiger partial charge in [-0.05, 0) is 41.1 Å². The quantitative estimate of drug-likeness (QED) is 0.564. The molecule has 0 radical (unpaired) electrons. The zero-order valence-corrected chi connectivity index (χ0v) is 13.2. The van der Waals surface area contributed by atoms with Gasteiger partial charge >= 0.3 is 5.97 Å². The van der Waals surface area contributed by atoms with Crippen molar-refractivity contribution in [3.63, 3.8) is 0 Å². The number of halogens is 1. The lowest BCUT2D eigenvalue weighted by molar-refractivity contribution is 0.0288. The largest absolute Gasteiger partial charge is 0.448 e. The first-order chi connectivity index (χ1) is 10.6. The number of H-pyrrole nitrogens is 1. The summed E-state index contributed by atoms with van der Waals surface area (Å²) < 4.78 is 10.7. The van der Waals surface area contributed by atoms with E-state index in [2.05, 4.69) is 20.9 Å². The first-order valence-electron chi connectivity index (χ1n) is 6.63. The van der Waals surface area contributed by atoms with Crippen molar-refractivity contribution in [2.45, 2.75) is 13.0 Å². The highest BCUT2D eigenvalue weighted by molar-refractivity contribution is 9.10. The van der Waals surface area contributed by atoms with E-state index in [1.807, 2.05) is 24.3 Å². The zero-order valence-electron chi connectivity index (χ0n) is 11.6. The number of furan rings is 1. The lowest BCUT2D eigenvalue weighted by Crippen LogP contribution is -2.24. The minimum Gasteiger partial charge on any atom is -0.448 e. The molecule has 6 heteroatoms. The van der Waals surface area contributed by atoms with Crippen molar-refractivity contribution >= 4 is 38.6 Å². The van der Waals surface area contributed by atoms with E-state index >= 15 is 0 Å². The highest BCUT2D eigenvalue weighted by atomic mass is 79.9. The lowest BCUT2D eigenvalue weighted by atomic mass is 10.1. The van der Waals surface area contributed by atoms with E-state index in [-0.39, 0.29) is 11.5 Å². The Bertz CT molecular complexity index is 849. The van der Waals surface area contributed by atoms with Crippen LogP contribution in [0.5, 0.6) is 0 Å². The van der Waals surface area contributed by atoms with E-state index in [9.17, 15) is 9.59 Å². The lowest BCUT2D eigenvalue weighted by Gasteiger charge is -2.10. The summed E-state index contributed by atoms with van der Waals surface area (Å²) in [6, 6.07) is 10.5. The first-order valence-corrected chi connectivity index (χ1v) is 7.42. The zero-order chi connectivity index (χ0) is 15.7. The predicted molar refractivity (Wildman–Crippen MR) is 83.9 cm³/mol. The number of nitrogens with one attached hydrogen (secondary N) is 1. The number of ketones is 1. The second-order valence-corrected chi connectivity index (χ2v) is 5.55. The fraction of sp³-hybridized carbons (Fsp3) is 0.125. The Hall–Kier alpha value is -2.34. The number of esters is 1. The highest BCUT2D eigenvalue weighted by Gasteiger charge is 2.24. The molecule has 0 spiro atoms. The van der Waals surface area contributed by atoms with Crippen LogP contribution in [-0.2, 0) is 4.74 Å². The number of aromatic nitrogens is 1. The van der Waals surface area contributed by atoms with Crippen molar-refractivity contribution in [2.75, 3.05) is 0 Å². The van der Waals surface area contributed by atoms with Crippen LogP contribution in [0.3, 0.4) is 0 Å². The Morgan fingerprint density at radius 3 is 2.73 bits per heavy atom. The van der Waals surface area contributed by atoms with Gasteiger partial charge in [-0.3, -0.25) is 4.79 Å². The van der Waals surface area contributed by atoms with Crippen molar-refractivity contribution in [1.82, 2.24) is 4.98 Å². The molecule has 1 N–H and O–H groups in total. The van der Waals surface area contributed by atoms with Gasteiger partial charge in [0.05, 0.1) is 0 Å². The standard InChI is InChI=1S/C16H12BrNO4/c1-9(21-16(20)13-6-7-14(17)22-13)15(19)11-8-18-12-5-3-2-4-10(11)12/h2-9,18H,1H3/t9-/m1/s1. The van der Waals surface area contributed by atoms with E-state index in [4.69, 9.17) is 9.15 Å². The molecule has 112 valence electrons. The number of benzene rings is 1. The highest BCUT2D eigenvalue weighted by Crippen LogP contribution is 2.21. The molecule has 0 bridgehead atoms. The third-order valence-electron chi connectivity index (χ3n) is 3.28. The molecule has 22 heavy (non-hydrogen) atoms. The smallest absolute Gasteiger partial charge is 0.374 e. The van der Waals surface area contributed by atoms with Crippen LogP contribution in [0.2, 0.25) is 0 Å². The summed E-state index contributed by atoms with van der Waals surface area (Å²) in [4.78, 5) is 27.4. The Labute approximate surface area is 134 Å². The van der Waals surface area contributed by atoms with Crippen LogP contribution in [0, 0.1) is 0 Å². The molecule has 5 nitrogen and oxygen atoms in total. The molecule has 1 atom stereocenters. The summed E-state index contributed by atoms with van der Waals surface area (Å²) in [5, 5.41) is 0.802. The van der Waals surface area contributed by atoms with E-state index in [1.165, 1.54) is 6.07 Å². The molecule has 0 aliphatic heterocycles. The summed E-state index contributed by atoms with van der Waals surface area (Å²) in [6.07, 6.45) is 0.719. The molecule has 0 saturated heterocycles. The van der Waals surface area contributed by atoms with Crippen LogP contribution < -0.4 is 0 Å². The number of ether oxygens (including phenoxy) is 1. The van der Waals surface area contributed by atoms with Gasteiger partial charge in [0.15, 0.2) is 10.8 Å². The van der Waals surface area contributed by atoms with E-state index < -0.39 is 12.1 Å². The van der Waals surface area contributed by atoms with Gasteiger partial charge in [0, 0.05) is 22.7 Å². The van der Waals surface area contributed by atoms with Gasteiger partial charge < -0.3 is 14.1 Å². The Morgan fingerprint density at radius 1 is 1.23 bits per heavy atom. The summed E-state index contributed by atoms with van der Waals surface area (Å²) in [5.41, 5.74) is 1.36. The Balaban J connectivity index is 1.78. The molecule has 1 aromatic carbocycles. The van der Waals surface area contributed by atoms with Crippen LogP contribution in [0.4, 0.5) is 0 Å². The monoisotopic (exact) mass is 361 g/mol. The average molecular weight is 362 g/mol. The van der Waals surface area contributed by atoms with Gasteiger partial charge in [-0.2, -0.15) is 0 Å². The minimum absolute atomic E-state index is 0.0467. The molecule has 2 aromatic heterocycles. The topological polar surface area (TPSA) is 72.3 Å². The van der Waals surface area contributed by atoms with Crippen LogP contribution in [-0.4, -0.2) is 22.8 Å². The Kier molecular flexibility index (Phi) is 3.85. The number of hydrogen-bond donors (Lipinski definition) is 1. The second-order valence-electron chi connectivity index (χ2n) is 4.76. The Morgan fingerprint density at radius 2 is 2.00 bits per heavy atom. The summed E-state index contributed by atoms with van der Waals surface area (Å²) in [5.74, 6) is -0.895. The summed E-state index contributed by atoms with van der Waals surface area (Å²) in [6.45, 7) is 1.54. The normalized spacial score (nSPS) is 12.3. The van der Waals surface area contributed by atoms with E-state index in [0.717, 1.165) is 10.9 Å². The van der Waals surface area contributed by atoms with Gasteiger partial charge in [0.1, 0.15) is 0 Å². The van der Waals surface area contributed by atoms with Crippen LogP contribution in [0.1, 0.15) is 27.8 Å². The van der Waals surface area contributed by atoms with Crippen LogP contribution in [0.25, 0.3) is 10.9 Å². The SMILES string of the molecule is C[C@@H](OC(=O)c1ccc(Br)o1)C(=O)c1c[nH]c2ccccc12. The van der Waals surface area contributed by atoms with Crippen molar-refractivity contribution in [1.29, 1.82) is 0 Å². The number of hydrogen-bond acceptors (Lipinski definition) is 4. The van der Waals surface area contributed by atoms with Crippen molar-refractivity contribution in [3.05, 3.63) is 58.6 Å². The maximum atomic E-state index is 12.5. The van der Waals surface area contributed by atoms with Gasteiger partial charge in [-0.25, -0.2) is 4.79 Å². The molecule has 0 fully saturated rings. The van der Waals surface area contributed by atoms with E-state index in [1.54, 1.807) is 19.2 Å². The average Bonchev–Trinajstić information content (AvgIpc) is 3.12. The molecule has 0 aliphatic rings. The molecule has 3 aromatic rings. The number of carbonyl (C=O) groups is 2. The number of carbonyl (C=O) groups excluding carboxylic acids is 2. The number of Topliss-reactive ketones (excluding diaryl/α,β-unsaturated/α-hetero) is 1.